The third kappa shape index (κ3) is 6.87. The summed E-state index contributed by atoms with van der Waals surface area (Å²) >= 11 is 6.73. The van der Waals surface area contributed by atoms with Gasteiger partial charge < -0.3 is 14.8 Å². The zero-order valence-electron chi connectivity index (χ0n) is 25.3. The standard InChI is InChI=1S/C30H36ClN11O2S/c1-3-39-10-12-40(13-11-39)18-22-4-5-27(26(31)14-22)42-19-24(17-35-42)29-23(15-32)16-33-30(37-29)36-25-6-8-41(9-7-25)45(43,44)28-20-38(2)21-34-28/h4-5,14,16-17,19-21,25H,3,6-13,18H2,1-2H3,(H,33,36,37). The molecule has 15 heteroatoms. The van der Waals surface area contributed by atoms with E-state index in [2.05, 4.69) is 54.2 Å². The molecule has 45 heavy (non-hydrogen) atoms. The van der Waals surface area contributed by atoms with Crippen LogP contribution in [0.15, 0.2) is 54.3 Å². The van der Waals surface area contributed by atoms with Crippen LogP contribution >= 0.6 is 11.6 Å². The second-order valence-corrected chi connectivity index (χ2v) is 13.7. The van der Waals surface area contributed by atoms with Gasteiger partial charge in [0.1, 0.15) is 6.07 Å². The van der Waals surface area contributed by atoms with Crippen molar-refractivity contribution < 1.29 is 8.42 Å². The lowest BCUT2D eigenvalue weighted by atomic mass is 10.1. The molecule has 2 fully saturated rings. The number of nitrogens with one attached hydrogen (secondary N) is 1. The minimum Gasteiger partial charge on any atom is -0.351 e. The van der Waals surface area contributed by atoms with Crippen LogP contribution in [0.1, 0.15) is 30.9 Å². The van der Waals surface area contributed by atoms with Crippen LogP contribution in [-0.2, 0) is 23.6 Å². The quantitative estimate of drug-likeness (QED) is 0.288. The van der Waals surface area contributed by atoms with Crippen molar-refractivity contribution >= 4 is 27.6 Å². The van der Waals surface area contributed by atoms with E-state index in [1.807, 2.05) is 12.1 Å². The van der Waals surface area contributed by atoms with Gasteiger partial charge in [-0.1, -0.05) is 24.6 Å². The molecular formula is C30H36ClN11O2S. The number of hydrogen-bond acceptors (Lipinski definition) is 10. The average Bonchev–Trinajstić information content (AvgIpc) is 3.72. The molecular weight excluding hydrogens is 614 g/mol. The summed E-state index contributed by atoms with van der Waals surface area (Å²) in [5.41, 5.74) is 3.32. The van der Waals surface area contributed by atoms with Gasteiger partial charge in [-0.05, 0) is 37.1 Å². The Kier molecular flexibility index (Phi) is 9.16. The Morgan fingerprint density at radius 1 is 1.04 bits per heavy atom. The van der Waals surface area contributed by atoms with Gasteiger partial charge in [-0.3, -0.25) is 4.90 Å². The number of imidazole rings is 1. The zero-order chi connectivity index (χ0) is 31.6. The van der Waals surface area contributed by atoms with Crippen molar-refractivity contribution in [1.82, 2.24) is 43.4 Å². The molecule has 0 saturated carbocycles. The first-order chi connectivity index (χ1) is 21.7. The summed E-state index contributed by atoms with van der Waals surface area (Å²) in [4.78, 5) is 17.9. The van der Waals surface area contributed by atoms with E-state index in [1.165, 1.54) is 23.0 Å². The van der Waals surface area contributed by atoms with Gasteiger partial charge in [-0.2, -0.15) is 14.7 Å². The second-order valence-electron chi connectivity index (χ2n) is 11.4. The molecule has 0 atom stereocenters. The summed E-state index contributed by atoms with van der Waals surface area (Å²) in [7, 11) is -1.90. The van der Waals surface area contributed by atoms with E-state index in [4.69, 9.17) is 11.6 Å². The number of rotatable bonds is 9. The number of aryl methyl sites for hydroxylation is 1. The summed E-state index contributed by atoms with van der Waals surface area (Å²) < 4.78 is 30.6. The number of nitriles is 1. The molecule has 5 heterocycles. The van der Waals surface area contributed by atoms with Crippen molar-refractivity contribution in [2.24, 2.45) is 7.05 Å². The average molecular weight is 650 g/mol. The Hall–Kier alpha value is -3.87. The molecule has 0 bridgehead atoms. The highest BCUT2D eigenvalue weighted by Gasteiger charge is 2.31. The van der Waals surface area contributed by atoms with Crippen LogP contribution in [0.3, 0.4) is 0 Å². The normalized spacial score (nSPS) is 17.4. The third-order valence-corrected chi connectivity index (χ3v) is 10.5. The lowest BCUT2D eigenvalue weighted by Gasteiger charge is -2.34. The number of piperazine rings is 1. The van der Waals surface area contributed by atoms with Crippen LogP contribution in [0.25, 0.3) is 16.9 Å². The third-order valence-electron chi connectivity index (χ3n) is 8.42. The number of anilines is 1. The number of piperidine rings is 1. The molecule has 0 spiro atoms. The highest BCUT2D eigenvalue weighted by molar-refractivity contribution is 7.89. The molecule has 4 aromatic rings. The Balaban J connectivity index is 1.12. The van der Waals surface area contributed by atoms with Crippen LogP contribution in [0.4, 0.5) is 5.95 Å². The van der Waals surface area contributed by atoms with Gasteiger partial charge in [-0.15, -0.1) is 0 Å². The van der Waals surface area contributed by atoms with Gasteiger partial charge in [-0.25, -0.2) is 28.1 Å². The molecule has 0 aliphatic carbocycles. The lowest BCUT2D eigenvalue weighted by Crippen LogP contribution is -2.45. The number of benzene rings is 1. The van der Waals surface area contributed by atoms with Gasteiger partial charge in [0, 0.05) is 76.9 Å². The maximum Gasteiger partial charge on any atom is 0.262 e. The van der Waals surface area contributed by atoms with Crippen molar-refractivity contribution in [3.8, 4) is 23.0 Å². The first-order valence-corrected chi connectivity index (χ1v) is 16.9. The summed E-state index contributed by atoms with van der Waals surface area (Å²) in [6, 6.07) is 8.18. The van der Waals surface area contributed by atoms with Crippen LogP contribution < -0.4 is 5.32 Å². The number of halogens is 1. The molecule has 3 aromatic heterocycles. The van der Waals surface area contributed by atoms with Gasteiger partial charge in [0.2, 0.25) is 5.95 Å². The molecule has 13 nitrogen and oxygen atoms in total. The maximum atomic E-state index is 12.9. The van der Waals surface area contributed by atoms with Gasteiger partial charge in [0.25, 0.3) is 10.0 Å². The largest absolute Gasteiger partial charge is 0.351 e. The zero-order valence-corrected chi connectivity index (χ0v) is 26.9. The monoisotopic (exact) mass is 649 g/mol. The predicted molar refractivity (Wildman–Crippen MR) is 170 cm³/mol. The van der Waals surface area contributed by atoms with Gasteiger partial charge >= 0.3 is 0 Å². The van der Waals surface area contributed by atoms with Crippen molar-refractivity contribution in [3.63, 3.8) is 0 Å². The van der Waals surface area contributed by atoms with E-state index in [9.17, 15) is 13.7 Å². The summed E-state index contributed by atoms with van der Waals surface area (Å²) in [5.74, 6) is 0.366. The fraction of sp³-hybridized carbons (Fsp3) is 0.433. The van der Waals surface area contributed by atoms with Crippen molar-refractivity contribution in [1.29, 1.82) is 5.26 Å². The van der Waals surface area contributed by atoms with Crippen molar-refractivity contribution in [2.45, 2.75) is 37.4 Å². The van der Waals surface area contributed by atoms with E-state index >= 15 is 0 Å². The smallest absolute Gasteiger partial charge is 0.262 e. The van der Waals surface area contributed by atoms with Crippen LogP contribution in [-0.4, -0.2) is 104 Å². The van der Waals surface area contributed by atoms with E-state index in [1.54, 1.807) is 28.7 Å². The van der Waals surface area contributed by atoms with E-state index in [0.717, 1.165) is 50.5 Å². The summed E-state index contributed by atoms with van der Waals surface area (Å²) in [6.07, 6.45) is 9.09. The minimum absolute atomic E-state index is 0.0310. The topological polar surface area (TPSA) is 141 Å². The van der Waals surface area contributed by atoms with Gasteiger partial charge in [0.15, 0.2) is 5.03 Å². The minimum atomic E-state index is -3.64. The fourth-order valence-electron chi connectivity index (χ4n) is 5.76. The first kappa shape index (κ1) is 31.1. The number of likely N-dealkylation sites (N-methyl/N-ethyl adjacent to an activating group) is 1. The van der Waals surface area contributed by atoms with E-state index in [0.29, 0.717) is 53.7 Å². The fourth-order valence-corrected chi connectivity index (χ4v) is 7.49. The van der Waals surface area contributed by atoms with Crippen molar-refractivity contribution in [2.75, 3.05) is 51.1 Å². The molecule has 2 aliphatic rings. The molecule has 0 amide bonds. The molecule has 1 N–H and O–H groups in total. The maximum absolute atomic E-state index is 12.9. The van der Waals surface area contributed by atoms with Crippen LogP contribution in [0, 0.1) is 11.3 Å². The molecule has 2 saturated heterocycles. The number of sulfonamides is 1. The Labute approximate surface area is 268 Å². The second kappa shape index (κ2) is 13.2. The highest BCUT2D eigenvalue weighted by atomic mass is 35.5. The summed E-state index contributed by atoms with van der Waals surface area (Å²) in [5, 5.41) is 18.3. The van der Waals surface area contributed by atoms with E-state index < -0.39 is 10.0 Å². The summed E-state index contributed by atoms with van der Waals surface area (Å²) in [6.45, 7) is 9.08. The van der Waals surface area contributed by atoms with Crippen molar-refractivity contribution in [3.05, 3.63) is 65.5 Å². The Bertz CT molecular complexity index is 1800. The van der Waals surface area contributed by atoms with Gasteiger partial charge in [0.05, 0.1) is 40.7 Å². The van der Waals surface area contributed by atoms with Crippen LogP contribution in [0.5, 0.6) is 0 Å². The first-order valence-electron chi connectivity index (χ1n) is 15.0. The van der Waals surface area contributed by atoms with E-state index in [-0.39, 0.29) is 11.1 Å². The number of aromatic nitrogens is 6. The highest BCUT2D eigenvalue weighted by Crippen LogP contribution is 2.28. The Morgan fingerprint density at radius 3 is 2.47 bits per heavy atom. The predicted octanol–water partition coefficient (Wildman–Crippen LogP) is 2.99. The molecule has 0 unspecified atom stereocenters. The number of nitrogens with zero attached hydrogens (tertiary/aromatic N) is 10. The molecule has 0 radical (unpaired) electrons. The lowest BCUT2D eigenvalue weighted by molar-refractivity contribution is 0.132. The molecule has 236 valence electrons. The molecule has 1 aromatic carbocycles. The Morgan fingerprint density at radius 2 is 1.80 bits per heavy atom. The molecule has 2 aliphatic heterocycles. The SMILES string of the molecule is CCN1CCN(Cc2ccc(-n3cc(-c4nc(NC5CCN(S(=O)(=O)c6cn(C)cn6)CC5)ncc4C#N)cn3)c(Cl)c2)CC1. The van der Waals surface area contributed by atoms with Crippen LogP contribution in [0.2, 0.25) is 5.02 Å². The molecule has 6 rings (SSSR count). The number of hydrogen-bond donors (Lipinski definition) is 1.